The number of carbonyl (C=O) groups is 3. The third kappa shape index (κ3) is 5.13. The molecule has 1 saturated heterocycles. The highest BCUT2D eigenvalue weighted by Gasteiger charge is 2.50. The van der Waals surface area contributed by atoms with Crippen molar-refractivity contribution in [2.75, 3.05) is 24.7 Å². The fourth-order valence-corrected chi connectivity index (χ4v) is 6.32. The number of nitrogens with one attached hydrogen (secondary N) is 2. The smallest absolute Gasteiger partial charge is 0.299 e. The summed E-state index contributed by atoms with van der Waals surface area (Å²) in [7, 11) is 0. The van der Waals surface area contributed by atoms with E-state index in [0.717, 1.165) is 9.80 Å². The minimum absolute atomic E-state index is 0.144. The minimum Gasteiger partial charge on any atom is -0.384 e. The molecule has 4 N–H and O–H groups in total. The molecule has 2 aromatic carbocycles. The first-order valence-electron chi connectivity index (χ1n) is 13.0. The molecule has 220 valence electrons. The van der Waals surface area contributed by atoms with Crippen molar-refractivity contribution in [3.8, 4) is 11.1 Å². The van der Waals surface area contributed by atoms with Crippen LogP contribution in [0.4, 0.5) is 23.2 Å². The number of hydrogen-bond donors (Lipinski definition) is 3. The van der Waals surface area contributed by atoms with Gasteiger partial charge in [-0.25, -0.2) is 8.78 Å². The van der Waals surface area contributed by atoms with Crippen molar-refractivity contribution < 1.29 is 31.9 Å². The lowest BCUT2D eigenvalue weighted by Gasteiger charge is -2.27. The predicted molar refractivity (Wildman–Crippen MR) is 150 cm³/mol. The molecule has 0 saturated carbocycles. The zero-order valence-corrected chi connectivity index (χ0v) is 23.2. The standard InChI is InChI=1S/C29H27F4N5O3S/c1-16(24-8-17(12-42-24)26(34)35)36-27(41)23-10-28(31,13-30)14-38(23)25(40)11-37(15-39)18-6-7-22-20(9-18)19-4-2-3-5-21(19)29(22,32)33/h2-9,12,15-16,23H,10-11,13-14H2,1H3,(H3,34,35)(H,36,41)/t16-,23+,28+/m1/s1. The van der Waals surface area contributed by atoms with Crippen molar-refractivity contribution >= 4 is 41.1 Å². The van der Waals surface area contributed by atoms with E-state index in [1.807, 2.05) is 0 Å². The lowest BCUT2D eigenvalue weighted by atomic mass is 10.0. The van der Waals surface area contributed by atoms with Gasteiger partial charge in [-0.2, -0.15) is 8.78 Å². The highest BCUT2D eigenvalue weighted by molar-refractivity contribution is 7.10. The number of amidine groups is 1. The lowest BCUT2D eigenvalue weighted by molar-refractivity contribution is -0.138. The monoisotopic (exact) mass is 601 g/mol. The van der Waals surface area contributed by atoms with Gasteiger partial charge in [-0.1, -0.05) is 24.3 Å². The van der Waals surface area contributed by atoms with Crippen LogP contribution in [-0.4, -0.2) is 60.4 Å². The molecule has 0 unspecified atom stereocenters. The summed E-state index contributed by atoms with van der Waals surface area (Å²) in [5, 5.41) is 11.9. The molecule has 13 heteroatoms. The van der Waals surface area contributed by atoms with Gasteiger partial charge in [-0.15, -0.1) is 11.3 Å². The van der Waals surface area contributed by atoms with Crippen LogP contribution in [-0.2, 0) is 20.3 Å². The van der Waals surface area contributed by atoms with Crippen LogP contribution in [0.5, 0.6) is 0 Å². The van der Waals surface area contributed by atoms with Crippen molar-refractivity contribution in [2.45, 2.75) is 37.0 Å². The van der Waals surface area contributed by atoms with Crippen LogP contribution >= 0.6 is 11.3 Å². The second-order valence-electron chi connectivity index (χ2n) is 10.5. The van der Waals surface area contributed by atoms with Crippen LogP contribution in [0.15, 0.2) is 53.9 Å². The molecule has 1 aliphatic carbocycles. The fraction of sp³-hybridized carbons (Fsp3) is 0.310. The maximum absolute atomic E-state index is 15.2. The summed E-state index contributed by atoms with van der Waals surface area (Å²) in [6.07, 6.45) is -0.240. The Morgan fingerprint density at radius 2 is 1.90 bits per heavy atom. The zero-order chi connectivity index (χ0) is 30.4. The van der Waals surface area contributed by atoms with Crippen LogP contribution in [0, 0.1) is 5.41 Å². The van der Waals surface area contributed by atoms with Crippen LogP contribution < -0.4 is 16.0 Å². The number of benzene rings is 2. The average molecular weight is 602 g/mol. The first-order valence-corrected chi connectivity index (χ1v) is 13.9. The topological polar surface area (TPSA) is 120 Å². The Morgan fingerprint density at radius 3 is 2.57 bits per heavy atom. The minimum atomic E-state index is -3.23. The number of carbonyl (C=O) groups excluding carboxylic acids is 3. The number of amides is 3. The van der Waals surface area contributed by atoms with Crippen molar-refractivity contribution in [1.82, 2.24) is 10.2 Å². The second-order valence-corrected chi connectivity index (χ2v) is 11.4. The van der Waals surface area contributed by atoms with Gasteiger partial charge in [0.15, 0.2) is 5.67 Å². The van der Waals surface area contributed by atoms with Gasteiger partial charge in [0.25, 0.3) is 5.92 Å². The number of thiophene rings is 1. The molecule has 8 nitrogen and oxygen atoms in total. The first kappa shape index (κ1) is 29.2. The van der Waals surface area contributed by atoms with E-state index in [9.17, 15) is 27.6 Å². The van der Waals surface area contributed by atoms with E-state index in [-0.39, 0.29) is 28.2 Å². The summed E-state index contributed by atoms with van der Waals surface area (Å²) in [6.45, 7) is -1.08. The third-order valence-electron chi connectivity index (χ3n) is 7.63. The second kappa shape index (κ2) is 10.9. The third-order valence-corrected chi connectivity index (χ3v) is 8.74. The molecule has 0 spiro atoms. The molecular weight excluding hydrogens is 574 g/mol. The van der Waals surface area contributed by atoms with Gasteiger partial charge in [-0.05, 0) is 42.3 Å². The van der Waals surface area contributed by atoms with Gasteiger partial charge in [0.05, 0.1) is 12.6 Å². The van der Waals surface area contributed by atoms with Gasteiger partial charge in [0, 0.05) is 39.1 Å². The van der Waals surface area contributed by atoms with E-state index in [4.69, 9.17) is 11.1 Å². The number of hydrogen-bond acceptors (Lipinski definition) is 5. The molecule has 42 heavy (non-hydrogen) atoms. The Morgan fingerprint density at radius 1 is 1.19 bits per heavy atom. The van der Waals surface area contributed by atoms with Crippen LogP contribution in [0.25, 0.3) is 11.1 Å². The Hall–Kier alpha value is -4.26. The molecule has 0 radical (unpaired) electrons. The van der Waals surface area contributed by atoms with Gasteiger partial charge in [0.2, 0.25) is 18.2 Å². The number of fused-ring (bicyclic) bond motifs is 3. The van der Waals surface area contributed by atoms with Gasteiger partial charge < -0.3 is 20.9 Å². The number of nitrogens with two attached hydrogens (primary N) is 1. The zero-order valence-electron chi connectivity index (χ0n) is 22.4. The Kier molecular flexibility index (Phi) is 7.56. The van der Waals surface area contributed by atoms with E-state index >= 15 is 4.39 Å². The van der Waals surface area contributed by atoms with Crippen LogP contribution in [0.2, 0.25) is 0 Å². The molecule has 2 heterocycles. The number of alkyl halides is 4. The van der Waals surface area contributed by atoms with Crippen LogP contribution in [0.3, 0.4) is 0 Å². The molecule has 1 aromatic heterocycles. The molecule has 3 atom stereocenters. The molecule has 3 aromatic rings. The van der Waals surface area contributed by atoms with Crippen molar-refractivity contribution in [3.63, 3.8) is 0 Å². The number of nitrogen functional groups attached to an aromatic ring is 1. The van der Waals surface area contributed by atoms with Crippen molar-refractivity contribution in [3.05, 3.63) is 75.5 Å². The number of rotatable bonds is 9. The van der Waals surface area contributed by atoms with Crippen molar-refractivity contribution in [1.29, 1.82) is 5.41 Å². The summed E-state index contributed by atoms with van der Waals surface area (Å²) >= 11 is 1.25. The average Bonchev–Trinajstić information content (AvgIpc) is 3.66. The highest BCUT2D eigenvalue weighted by Crippen LogP contribution is 2.51. The predicted octanol–water partition coefficient (Wildman–Crippen LogP) is 4.27. The summed E-state index contributed by atoms with van der Waals surface area (Å²) in [6, 6.07) is 9.54. The Balaban J connectivity index is 1.35. The summed E-state index contributed by atoms with van der Waals surface area (Å²) < 4.78 is 58.8. The van der Waals surface area contributed by atoms with Gasteiger partial charge in [0.1, 0.15) is 25.1 Å². The highest BCUT2D eigenvalue weighted by atomic mass is 32.1. The fourth-order valence-electron chi connectivity index (χ4n) is 5.40. The maximum Gasteiger partial charge on any atom is 0.299 e. The summed E-state index contributed by atoms with van der Waals surface area (Å²) in [5.74, 6) is -4.90. The van der Waals surface area contributed by atoms with E-state index < -0.39 is 61.7 Å². The van der Waals surface area contributed by atoms with E-state index in [0.29, 0.717) is 22.4 Å². The molecule has 0 bridgehead atoms. The molecule has 5 rings (SSSR count). The Labute approximate surface area is 242 Å². The number of anilines is 1. The van der Waals surface area contributed by atoms with E-state index in [1.165, 1.54) is 41.7 Å². The number of likely N-dealkylation sites (tertiary alicyclic amines) is 1. The lowest BCUT2D eigenvalue weighted by Crippen LogP contribution is -2.49. The largest absolute Gasteiger partial charge is 0.384 e. The number of nitrogens with zero attached hydrogens (tertiary/aromatic N) is 2. The SMILES string of the molecule is C[C@@H](NC(=O)[C@@H]1C[C@](F)(CF)CN1C(=O)CN(C=O)c1ccc2c(c1)-c1ccccc1C2(F)F)c1cc(C(=N)N)cs1. The normalized spacial score (nSPS) is 20.9. The van der Waals surface area contributed by atoms with Gasteiger partial charge in [-0.3, -0.25) is 19.8 Å². The summed E-state index contributed by atoms with van der Waals surface area (Å²) in [4.78, 5) is 41.2. The first-order chi connectivity index (χ1) is 19.9. The maximum atomic E-state index is 15.2. The van der Waals surface area contributed by atoms with Crippen LogP contribution in [0.1, 0.15) is 41.0 Å². The molecule has 2 aliphatic rings. The van der Waals surface area contributed by atoms with E-state index in [1.54, 1.807) is 30.5 Å². The summed E-state index contributed by atoms with van der Waals surface area (Å²) in [5.41, 5.74) is 3.76. The van der Waals surface area contributed by atoms with E-state index in [2.05, 4.69) is 5.32 Å². The van der Waals surface area contributed by atoms with Crippen molar-refractivity contribution in [2.24, 2.45) is 5.73 Å². The molecule has 1 aliphatic heterocycles. The molecule has 3 amide bonds. The quantitative estimate of drug-likeness (QED) is 0.147. The van der Waals surface area contributed by atoms with Gasteiger partial charge >= 0.3 is 0 Å². The Bertz CT molecular complexity index is 1580. The number of halogens is 4. The molecule has 1 fully saturated rings. The molecular formula is C29H27F4N5O3S.